The van der Waals surface area contributed by atoms with Crippen LogP contribution in [0.5, 0.6) is 0 Å². The average molecular weight is 235 g/mol. The molecule has 0 atom stereocenters. The monoisotopic (exact) mass is 235 g/mol. The van der Waals surface area contributed by atoms with Crippen molar-refractivity contribution in [2.24, 2.45) is 5.41 Å². The minimum absolute atomic E-state index is 0.243. The standard InChI is InChI=1S/C11H25NO2S/c1-5-12-9-8-11(2,3)7-6-10-15(4,13)14/h12H,5-10H2,1-4H3. The molecule has 4 heteroatoms. The first-order valence-electron chi connectivity index (χ1n) is 5.65. The van der Waals surface area contributed by atoms with Gasteiger partial charge >= 0.3 is 0 Å². The summed E-state index contributed by atoms with van der Waals surface area (Å²) in [5.41, 5.74) is 0.243. The first-order valence-corrected chi connectivity index (χ1v) is 7.71. The molecule has 0 heterocycles. The topological polar surface area (TPSA) is 46.2 Å². The van der Waals surface area contributed by atoms with E-state index in [1.54, 1.807) is 0 Å². The maximum absolute atomic E-state index is 11.0. The van der Waals surface area contributed by atoms with Crippen molar-refractivity contribution in [3.8, 4) is 0 Å². The van der Waals surface area contributed by atoms with Gasteiger partial charge in [-0.3, -0.25) is 0 Å². The molecule has 0 aliphatic carbocycles. The molecule has 0 spiro atoms. The SMILES string of the molecule is CCNCCC(C)(C)CCCS(C)(=O)=O. The predicted octanol–water partition coefficient (Wildman–Crippen LogP) is 1.84. The van der Waals surface area contributed by atoms with Crippen molar-refractivity contribution in [3.63, 3.8) is 0 Å². The van der Waals surface area contributed by atoms with Crippen molar-refractivity contribution in [3.05, 3.63) is 0 Å². The summed E-state index contributed by atoms with van der Waals surface area (Å²) in [5, 5.41) is 3.29. The molecule has 3 nitrogen and oxygen atoms in total. The van der Waals surface area contributed by atoms with Crippen LogP contribution in [0.15, 0.2) is 0 Å². The van der Waals surface area contributed by atoms with Gasteiger partial charge in [-0.15, -0.1) is 0 Å². The largest absolute Gasteiger partial charge is 0.317 e. The summed E-state index contributed by atoms with van der Waals surface area (Å²) in [6, 6.07) is 0. The summed E-state index contributed by atoms with van der Waals surface area (Å²) in [4.78, 5) is 0. The molecule has 15 heavy (non-hydrogen) atoms. The highest BCUT2D eigenvalue weighted by Gasteiger charge is 2.17. The van der Waals surface area contributed by atoms with Crippen LogP contribution in [0.2, 0.25) is 0 Å². The lowest BCUT2D eigenvalue weighted by Gasteiger charge is -2.24. The van der Waals surface area contributed by atoms with Crippen LogP contribution in [0.3, 0.4) is 0 Å². The van der Waals surface area contributed by atoms with Gasteiger partial charge in [0.1, 0.15) is 9.84 Å². The fraction of sp³-hybridized carbons (Fsp3) is 1.00. The molecule has 0 aliphatic rings. The van der Waals surface area contributed by atoms with Crippen LogP contribution < -0.4 is 5.32 Å². The third kappa shape index (κ3) is 10.2. The molecule has 0 aliphatic heterocycles. The van der Waals surface area contributed by atoms with Crippen LogP contribution >= 0.6 is 0 Å². The fourth-order valence-electron chi connectivity index (χ4n) is 1.54. The van der Waals surface area contributed by atoms with E-state index in [0.29, 0.717) is 5.75 Å². The van der Waals surface area contributed by atoms with Gasteiger partial charge in [0.15, 0.2) is 0 Å². The van der Waals surface area contributed by atoms with Crippen molar-refractivity contribution in [1.29, 1.82) is 0 Å². The highest BCUT2D eigenvalue weighted by molar-refractivity contribution is 7.90. The van der Waals surface area contributed by atoms with Crippen molar-refractivity contribution in [2.45, 2.75) is 40.0 Å². The summed E-state index contributed by atoms with van der Waals surface area (Å²) in [5.74, 6) is 0.317. The van der Waals surface area contributed by atoms with Gasteiger partial charge < -0.3 is 5.32 Å². The van der Waals surface area contributed by atoms with E-state index in [-0.39, 0.29) is 5.41 Å². The number of hydrogen-bond acceptors (Lipinski definition) is 3. The Kier molecular flexibility index (Phi) is 6.44. The first-order chi connectivity index (χ1) is 6.77. The number of rotatable bonds is 8. The lowest BCUT2D eigenvalue weighted by atomic mass is 9.85. The molecule has 0 aromatic heterocycles. The second kappa shape index (κ2) is 6.48. The van der Waals surface area contributed by atoms with Crippen LogP contribution in [-0.4, -0.2) is 33.5 Å². The lowest BCUT2D eigenvalue weighted by molar-refractivity contribution is 0.300. The minimum Gasteiger partial charge on any atom is -0.317 e. The molecule has 0 amide bonds. The van der Waals surface area contributed by atoms with Crippen LogP contribution in [0.1, 0.15) is 40.0 Å². The Labute approximate surface area is 94.6 Å². The quantitative estimate of drug-likeness (QED) is 0.653. The summed E-state index contributed by atoms with van der Waals surface area (Å²) in [6.07, 6.45) is 4.16. The molecule has 0 saturated carbocycles. The Hall–Kier alpha value is -0.0900. The molecule has 1 N–H and O–H groups in total. The molecular weight excluding hydrogens is 210 g/mol. The first kappa shape index (κ1) is 14.9. The van der Waals surface area contributed by atoms with Crippen LogP contribution in [0.25, 0.3) is 0 Å². The van der Waals surface area contributed by atoms with E-state index in [1.807, 2.05) is 0 Å². The molecule has 0 fully saturated rings. The minimum atomic E-state index is -2.79. The predicted molar refractivity (Wildman–Crippen MR) is 65.9 cm³/mol. The van der Waals surface area contributed by atoms with Gasteiger partial charge in [-0.05, 0) is 37.8 Å². The molecular formula is C11H25NO2S. The van der Waals surface area contributed by atoms with E-state index < -0.39 is 9.84 Å². The van der Waals surface area contributed by atoms with Crippen LogP contribution in [0.4, 0.5) is 0 Å². The lowest BCUT2D eigenvalue weighted by Crippen LogP contribution is -2.22. The van der Waals surface area contributed by atoms with Crippen molar-refractivity contribution < 1.29 is 8.42 Å². The Morgan fingerprint density at radius 2 is 1.80 bits per heavy atom. The zero-order chi connectivity index (χ0) is 11.9. The molecule has 0 aromatic carbocycles. The van der Waals surface area contributed by atoms with Crippen LogP contribution in [-0.2, 0) is 9.84 Å². The Bertz CT molecular complexity index is 258. The smallest absolute Gasteiger partial charge is 0.147 e. The molecule has 0 unspecified atom stereocenters. The van der Waals surface area contributed by atoms with Crippen molar-refractivity contribution >= 4 is 9.84 Å². The summed E-state index contributed by atoms with van der Waals surface area (Å²) in [6.45, 7) is 8.51. The fourth-order valence-corrected chi connectivity index (χ4v) is 2.21. The average Bonchev–Trinajstić information content (AvgIpc) is 2.01. The van der Waals surface area contributed by atoms with Crippen molar-refractivity contribution in [1.82, 2.24) is 5.32 Å². The molecule has 0 aromatic rings. The second-order valence-corrected chi connectivity index (χ2v) is 7.26. The molecule has 0 rings (SSSR count). The summed E-state index contributed by atoms with van der Waals surface area (Å²) < 4.78 is 21.9. The molecule has 0 bridgehead atoms. The second-order valence-electron chi connectivity index (χ2n) is 5.00. The number of sulfone groups is 1. The third-order valence-electron chi connectivity index (χ3n) is 2.60. The highest BCUT2D eigenvalue weighted by Crippen LogP contribution is 2.26. The molecule has 92 valence electrons. The zero-order valence-electron chi connectivity index (χ0n) is 10.5. The number of hydrogen-bond donors (Lipinski definition) is 1. The van der Waals surface area contributed by atoms with Crippen LogP contribution in [0, 0.1) is 5.41 Å². The van der Waals surface area contributed by atoms with Gasteiger partial charge in [-0.1, -0.05) is 20.8 Å². The van der Waals surface area contributed by atoms with Gasteiger partial charge in [0.25, 0.3) is 0 Å². The molecule has 0 radical (unpaired) electrons. The van der Waals surface area contributed by atoms with Gasteiger partial charge in [0, 0.05) is 12.0 Å². The van der Waals surface area contributed by atoms with E-state index in [0.717, 1.165) is 32.4 Å². The Morgan fingerprint density at radius 3 is 2.27 bits per heavy atom. The van der Waals surface area contributed by atoms with E-state index in [2.05, 4.69) is 26.1 Å². The Morgan fingerprint density at radius 1 is 1.20 bits per heavy atom. The highest BCUT2D eigenvalue weighted by atomic mass is 32.2. The van der Waals surface area contributed by atoms with E-state index in [1.165, 1.54) is 6.26 Å². The normalized spacial score (nSPS) is 13.1. The van der Waals surface area contributed by atoms with Gasteiger partial charge in [-0.2, -0.15) is 0 Å². The number of nitrogens with one attached hydrogen (secondary N) is 1. The third-order valence-corrected chi connectivity index (χ3v) is 3.63. The summed E-state index contributed by atoms with van der Waals surface area (Å²) >= 11 is 0. The van der Waals surface area contributed by atoms with E-state index >= 15 is 0 Å². The molecule has 0 saturated heterocycles. The maximum atomic E-state index is 11.0. The van der Waals surface area contributed by atoms with Gasteiger partial charge in [0.2, 0.25) is 0 Å². The van der Waals surface area contributed by atoms with E-state index in [9.17, 15) is 8.42 Å². The summed E-state index contributed by atoms with van der Waals surface area (Å²) in [7, 11) is -2.79. The zero-order valence-corrected chi connectivity index (χ0v) is 11.3. The maximum Gasteiger partial charge on any atom is 0.147 e. The van der Waals surface area contributed by atoms with Gasteiger partial charge in [-0.25, -0.2) is 8.42 Å². The van der Waals surface area contributed by atoms with E-state index in [4.69, 9.17) is 0 Å². The Balaban J connectivity index is 3.73. The van der Waals surface area contributed by atoms with Crippen molar-refractivity contribution in [2.75, 3.05) is 25.1 Å². The van der Waals surface area contributed by atoms with Gasteiger partial charge in [0.05, 0.1) is 0 Å².